The Bertz CT molecular complexity index is 810. The van der Waals surface area contributed by atoms with Gasteiger partial charge in [0.25, 0.3) is 0 Å². The zero-order valence-corrected chi connectivity index (χ0v) is 15.2. The van der Waals surface area contributed by atoms with Crippen LogP contribution in [0.1, 0.15) is 34.6 Å². The van der Waals surface area contributed by atoms with E-state index in [1.54, 1.807) is 0 Å². The lowest BCUT2D eigenvalue weighted by molar-refractivity contribution is -0.121. The van der Waals surface area contributed by atoms with Crippen molar-refractivity contribution in [2.75, 3.05) is 6.54 Å². The van der Waals surface area contributed by atoms with Crippen molar-refractivity contribution in [1.82, 2.24) is 5.32 Å². The topological polar surface area (TPSA) is 29.1 Å². The molecule has 0 fully saturated rings. The standard InChI is InChI=1S/C24H25NO/c1-19-14-16-22(17-15-19)23(21-12-6-3-7-13-21)24(26)25-18-8-11-20-9-4-2-5-10-20/h2-7,9-10,12-17,23H,8,11,18H2,1H3,(H,25,26). The van der Waals surface area contributed by atoms with E-state index in [1.165, 1.54) is 11.1 Å². The van der Waals surface area contributed by atoms with Crippen LogP contribution in [-0.4, -0.2) is 12.5 Å². The number of carbonyl (C=O) groups excluding carboxylic acids is 1. The lowest BCUT2D eigenvalue weighted by Crippen LogP contribution is -2.31. The first-order chi connectivity index (χ1) is 12.7. The molecule has 1 unspecified atom stereocenters. The van der Waals surface area contributed by atoms with Crippen LogP contribution in [0.3, 0.4) is 0 Å². The predicted molar refractivity (Wildman–Crippen MR) is 107 cm³/mol. The number of aryl methyl sites for hydroxylation is 2. The van der Waals surface area contributed by atoms with Crippen molar-refractivity contribution in [3.05, 3.63) is 107 Å². The van der Waals surface area contributed by atoms with Crippen LogP contribution < -0.4 is 5.32 Å². The summed E-state index contributed by atoms with van der Waals surface area (Å²) in [4.78, 5) is 12.9. The Labute approximate surface area is 155 Å². The monoisotopic (exact) mass is 343 g/mol. The molecule has 0 bridgehead atoms. The molecular weight excluding hydrogens is 318 g/mol. The first-order valence-electron chi connectivity index (χ1n) is 9.17. The van der Waals surface area contributed by atoms with E-state index < -0.39 is 0 Å². The molecule has 0 spiro atoms. The van der Waals surface area contributed by atoms with E-state index in [-0.39, 0.29) is 11.8 Å². The highest BCUT2D eigenvalue weighted by atomic mass is 16.1. The van der Waals surface area contributed by atoms with E-state index in [1.807, 2.05) is 36.4 Å². The lowest BCUT2D eigenvalue weighted by atomic mass is 9.90. The molecule has 0 aliphatic rings. The SMILES string of the molecule is Cc1ccc(C(C(=O)NCCCc2ccccc2)c2ccccc2)cc1. The molecule has 0 aliphatic carbocycles. The van der Waals surface area contributed by atoms with E-state index in [0.29, 0.717) is 6.54 Å². The van der Waals surface area contributed by atoms with Crippen LogP contribution in [0.25, 0.3) is 0 Å². The maximum Gasteiger partial charge on any atom is 0.232 e. The molecule has 0 saturated carbocycles. The average Bonchev–Trinajstić information content (AvgIpc) is 2.69. The largest absolute Gasteiger partial charge is 0.355 e. The summed E-state index contributed by atoms with van der Waals surface area (Å²) < 4.78 is 0. The van der Waals surface area contributed by atoms with E-state index in [9.17, 15) is 4.79 Å². The fraction of sp³-hybridized carbons (Fsp3) is 0.208. The number of carbonyl (C=O) groups is 1. The van der Waals surface area contributed by atoms with Crippen LogP contribution in [0.4, 0.5) is 0 Å². The van der Waals surface area contributed by atoms with Crippen LogP contribution in [-0.2, 0) is 11.2 Å². The van der Waals surface area contributed by atoms with E-state index in [4.69, 9.17) is 0 Å². The fourth-order valence-electron chi connectivity index (χ4n) is 3.15. The summed E-state index contributed by atoms with van der Waals surface area (Å²) in [6.07, 6.45) is 1.91. The molecule has 2 nitrogen and oxygen atoms in total. The number of nitrogens with one attached hydrogen (secondary N) is 1. The summed E-state index contributed by atoms with van der Waals surface area (Å²) >= 11 is 0. The Morgan fingerprint density at radius 2 is 1.38 bits per heavy atom. The second-order valence-electron chi connectivity index (χ2n) is 6.63. The van der Waals surface area contributed by atoms with Crippen LogP contribution in [0.2, 0.25) is 0 Å². The number of hydrogen-bond acceptors (Lipinski definition) is 1. The van der Waals surface area contributed by atoms with Gasteiger partial charge in [0, 0.05) is 6.54 Å². The molecule has 0 aromatic heterocycles. The van der Waals surface area contributed by atoms with Gasteiger partial charge in [0.2, 0.25) is 5.91 Å². The van der Waals surface area contributed by atoms with Crippen LogP contribution in [0.5, 0.6) is 0 Å². The summed E-state index contributed by atoms with van der Waals surface area (Å²) in [5.41, 5.74) is 4.56. The first kappa shape index (κ1) is 17.9. The molecule has 0 radical (unpaired) electrons. The van der Waals surface area contributed by atoms with Gasteiger partial charge >= 0.3 is 0 Å². The van der Waals surface area contributed by atoms with Gasteiger partial charge in [-0.25, -0.2) is 0 Å². The lowest BCUT2D eigenvalue weighted by Gasteiger charge is -2.18. The summed E-state index contributed by atoms with van der Waals surface area (Å²) in [5.74, 6) is -0.207. The Balaban J connectivity index is 1.66. The van der Waals surface area contributed by atoms with Gasteiger partial charge in [0.15, 0.2) is 0 Å². The van der Waals surface area contributed by atoms with Gasteiger partial charge in [-0.2, -0.15) is 0 Å². The second-order valence-corrected chi connectivity index (χ2v) is 6.63. The Morgan fingerprint density at radius 3 is 2.04 bits per heavy atom. The minimum atomic E-state index is -0.270. The van der Waals surface area contributed by atoms with Gasteiger partial charge in [0.05, 0.1) is 5.92 Å². The van der Waals surface area contributed by atoms with Gasteiger partial charge in [-0.05, 0) is 36.5 Å². The minimum Gasteiger partial charge on any atom is -0.355 e. The molecule has 1 N–H and O–H groups in total. The smallest absolute Gasteiger partial charge is 0.232 e. The van der Waals surface area contributed by atoms with Crippen molar-refractivity contribution >= 4 is 5.91 Å². The van der Waals surface area contributed by atoms with Gasteiger partial charge in [-0.1, -0.05) is 90.5 Å². The first-order valence-corrected chi connectivity index (χ1v) is 9.17. The molecule has 3 rings (SSSR count). The van der Waals surface area contributed by atoms with Crippen molar-refractivity contribution < 1.29 is 4.79 Å². The fourth-order valence-corrected chi connectivity index (χ4v) is 3.15. The zero-order chi connectivity index (χ0) is 18.2. The number of amides is 1. The maximum atomic E-state index is 12.9. The highest BCUT2D eigenvalue weighted by Gasteiger charge is 2.22. The number of benzene rings is 3. The molecular formula is C24H25NO. The quantitative estimate of drug-likeness (QED) is 0.609. The Hall–Kier alpha value is -2.87. The van der Waals surface area contributed by atoms with E-state index in [0.717, 1.165) is 24.0 Å². The minimum absolute atomic E-state index is 0.0631. The number of rotatable bonds is 7. The molecule has 1 atom stereocenters. The van der Waals surface area contributed by atoms with Crippen molar-refractivity contribution in [2.45, 2.75) is 25.7 Å². The molecule has 0 heterocycles. The average molecular weight is 343 g/mol. The maximum absolute atomic E-state index is 12.9. The van der Waals surface area contributed by atoms with E-state index >= 15 is 0 Å². The highest BCUT2D eigenvalue weighted by Crippen LogP contribution is 2.25. The van der Waals surface area contributed by atoms with Crippen molar-refractivity contribution in [2.24, 2.45) is 0 Å². The second kappa shape index (κ2) is 9.00. The summed E-state index contributed by atoms with van der Waals surface area (Å²) in [5, 5.41) is 3.13. The van der Waals surface area contributed by atoms with E-state index in [2.05, 4.69) is 60.8 Å². The van der Waals surface area contributed by atoms with Crippen molar-refractivity contribution in [1.29, 1.82) is 0 Å². The van der Waals surface area contributed by atoms with Crippen molar-refractivity contribution in [3.63, 3.8) is 0 Å². The third-order valence-corrected chi connectivity index (χ3v) is 4.59. The molecule has 2 heteroatoms. The van der Waals surface area contributed by atoms with Crippen LogP contribution >= 0.6 is 0 Å². The van der Waals surface area contributed by atoms with Crippen molar-refractivity contribution in [3.8, 4) is 0 Å². The molecule has 3 aromatic carbocycles. The molecule has 0 aliphatic heterocycles. The van der Waals surface area contributed by atoms with Crippen LogP contribution in [0, 0.1) is 6.92 Å². The molecule has 3 aromatic rings. The molecule has 26 heavy (non-hydrogen) atoms. The van der Waals surface area contributed by atoms with Gasteiger partial charge in [0.1, 0.15) is 0 Å². The zero-order valence-electron chi connectivity index (χ0n) is 15.2. The van der Waals surface area contributed by atoms with Gasteiger partial charge in [-0.15, -0.1) is 0 Å². The summed E-state index contributed by atoms with van der Waals surface area (Å²) in [7, 11) is 0. The number of hydrogen-bond donors (Lipinski definition) is 1. The van der Waals surface area contributed by atoms with Gasteiger partial charge in [-0.3, -0.25) is 4.79 Å². The third kappa shape index (κ3) is 4.82. The normalized spacial score (nSPS) is 11.7. The predicted octanol–water partition coefficient (Wildman–Crippen LogP) is 4.88. The van der Waals surface area contributed by atoms with Crippen LogP contribution in [0.15, 0.2) is 84.9 Å². The van der Waals surface area contributed by atoms with Gasteiger partial charge < -0.3 is 5.32 Å². The molecule has 132 valence electrons. The highest BCUT2D eigenvalue weighted by molar-refractivity contribution is 5.87. The summed E-state index contributed by atoms with van der Waals surface area (Å²) in [6, 6.07) is 28.6. The Morgan fingerprint density at radius 1 is 0.808 bits per heavy atom. The molecule has 1 amide bonds. The molecule has 0 saturated heterocycles. The third-order valence-electron chi connectivity index (χ3n) is 4.59. The summed E-state index contributed by atoms with van der Waals surface area (Å²) in [6.45, 7) is 2.74. The Kier molecular flexibility index (Phi) is 6.21.